The topological polar surface area (TPSA) is 32.3 Å². The second-order valence-electron chi connectivity index (χ2n) is 5.89. The minimum Gasteiger partial charge on any atom is -0.337 e. The van der Waals surface area contributed by atoms with Gasteiger partial charge in [0, 0.05) is 18.1 Å². The molecule has 0 saturated carbocycles. The maximum Gasteiger partial charge on any atom is 0.236 e. The van der Waals surface area contributed by atoms with Gasteiger partial charge in [-0.2, -0.15) is 0 Å². The Hall–Kier alpha value is -1.84. The molecule has 1 aliphatic rings. The maximum atomic E-state index is 12.3. The fraction of sp³-hybridized carbons (Fsp3) is 0.316. The Labute approximate surface area is 142 Å². The third-order valence-electron chi connectivity index (χ3n) is 4.24. The van der Waals surface area contributed by atoms with Crippen LogP contribution in [0.5, 0.6) is 0 Å². The Morgan fingerprint density at radius 3 is 2.78 bits per heavy atom. The Morgan fingerprint density at radius 1 is 1.13 bits per heavy atom. The molecule has 1 aliphatic heterocycles. The van der Waals surface area contributed by atoms with Crippen LogP contribution in [0, 0.1) is 0 Å². The number of amides is 1. The zero-order valence-corrected chi connectivity index (χ0v) is 13.9. The summed E-state index contributed by atoms with van der Waals surface area (Å²) in [5, 5.41) is 4.00. The van der Waals surface area contributed by atoms with E-state index >= 15 is 0 Å². The molecule has 1 heterocycles. The van der Waals surface area contributed by atoms with Crippen LogP contribution in [0.1, 0.15) is 16.7 Å². The number of halogens is 1. The maximum absolute atomic E-state index is 12.3. The summed E-state index contributed by atoms with van der Waals surface area (Å²) in [5.41, 5.74) is 3.82. The Bertz CT molecular complexity index is 687. The van der Waals surface area contributed by atoms with Gasteiger partial charge >= 0.3 is 0 Å². The fourth-order valence-corrected chi connectivity index (χ4v) is 3.15. The highest BCUT2D eigenvalue weighted by atomic mass is 35.5. The van der Waals surface area contributed by atoms with Crippen LogP contribution in [-0.4, -0.2) is 30.4 Å². The number of carbonyl (C=O) groups excluding carboxylic acids is 1. The monoisotopic (exact) mass is 328 g/mol. The van der Waals surface area contributed by atoms with Crippen LogP contribution in [0.25, 0.3) is 0 Å². The number of hydrogen-bond acceptors (Lipinski definition) is 2. The Kier molecular flexibility index (Phi) is 5.31. The summed E-state index contributed by atoms with van der Waals surface area (Å²) >= 11 is 5.97. The molecule has 2 aromatic rings. The second-order valence-corrected chi connectivity index (χ2v) is 6.33. The van der Waals surface area contributed by atoms with Gasteiger partial charge in [-0.3, -0.25) is 4.79 Å². The van der Waals surface area contributed by atoms with Crippen molar-refractivity contribution in [3.05, 3.63) is 70.2 Å². The van der Waals surface area contributed by atoms with Crippen LogP contribution < -0.4 is 5.32 Å². The second kappa shape index (κ2) is 7.62. The van der Waals surface area contributed by atoms with Crippen LogP contribution in [0.15, 0.2) is 48.5 Å². The molecule has 0 atom stereocenters. The van der Waals surface area contributed by atoms with Gasteiger partial charge in [-0.25, -0.2) is 0 Å². The van der Waals surface area contributed by atoms with E-state index in [-0.39, 0.29) is 5.91 Å². The minimum atomic E-state index is 0.172. The van der Waals surface area contributed by atoms with Gasteiger partial charge in [0.1, 0.15) is 0 Å². The molecule has 0 spiro atoms. The lowest BCUT2D eigenvalue weighted by molar-refractivity contribution is -0.131. The van der Waals surface area contributed by atoms with Crippen LogP contribution in [0.2, 0.25) is 5.02 Å². The predicted molar refractivity (Wildman–Crippen MR) is 93.6 cm³/mol. The molecular formula is C19H21ClN2O. The van der Waals surface area contributed by atoms with Crippen LogP contribution in [-0.2, 0) is 24.2 Å². The molecule has 0 aromatic heterocycles. The summed E-state index contributed by atoms with van der Waals surface area (Å²) in [6.07, 6.45) is 1.82. The third-order valence-corrected chi connectivity index (χ3v) is 4.47. The van der Waals surface area contributed by atoms with Gasteiger partial charge < -0.3 is 10.2 Å². The normalized spacial score (nSPS) is 13.7. The molecule has 1 amide bonds. The number of fused-ring (bicyclic) bond motifs is 1. The molecule has 23 heavy (non-hydrogen) atoms. The first-order chi connectivity index (χ1) is 11.2. The summed E-state index contributed by atoms with van der Waals surface area (Å²) < 4.78 is 0. The molecular weight excluding hydrogens is 308 g/mol. The lowest BCUT2D eigenvalue weighted by atomic mass is 10.00. The quantitative estimate of drug-likeness (QED) is 0.856. The minimum absolute atomic E-state index is 0.172. The van der Waals surface area contributed by atoms with E-state index in [1.54, 1.807) is 0 Å². The van der Waals surface area contributed by atoms with Crippen molar-refractivity contribution in [2.75, 3.05) is 19.6 Å². The van der Waals surface area contributed by atoms with Gasteiger partial charge in [0.15, 0.2) is 0 Å². The van der Waals surface area contributed by atoms with Crippen molar-refractivity contribution in [2.24, 2.45) is 0 Å². The predicted octanol–water partition coefficient (Wildman–Crippen LogP) is 3.06. The molecule has 2 aromatic carbocycles. The standard InChI is InChI=1S/C19H21ClN2O/c20-18-7-3-4-15(12-18)8-10-21-13-19(23)22-11-9-16-5-1-2-6-17(16)14-22/h1-7,12,21H,8-11,13-14H2. The highest BCUT2D eigenvalue weighted by Gasteiger charge is 2.19. The summed E-state index contributed by atoms with van der Waals surface area (Å²) in [7, 11) is 0. The summed E-state index contributed by atoms with van der Waals surface area (Å²) in [4.78, 5) is 14.3. The SMILES string of the molecule is O=C(CNCCc1cccc(Cl)c1)N1CCc2ccccc2C1. The number of nitrogens with zero attached hydrogens (tertiary/aromatic N) is 1. The first kappa shape index (κ1) is 16.0. The lowest BCUT2D eigenvalue weighted by Crippen LogP contribution is -2.41. The van der Waals surface area contributed by atoms with E-state index in [2.05, 4.69) is 29.6 Å². The zero-order chi connectivity index (χ0) is 16.1. The smallest absolute Gasteiger partial charge is 0.236 e. The molecule has 3 rings (SSSR count). The van der Waals surface area contributed by atoms with E-state index in [1.807, 2.05) is 29.2 Å². The Morgan fingerprint density at radius 2 is 1.96 bits per heavy atom. The molecule has 0 aliphatic carbocycles. The molecule has 0 bridgehead atoms. The molecule has 3 nitrogen and oxygen atoms in total. The molecule has 4 heteroatoms. The average Bonchev–Trinajstić information content (AvgIpc) is 2.58. The summed E-state index contributed by atoms with van der Waals surface area (Å²) in [6, 6.07) is 16.2. The molecule has 120 valence electrons. The summed E-state index contributed by atoms with van der Waals surface area (Å²) in [5.74, 6) is 0.172. The van der Waals surface area contributed by atoms with Crippen molar-refractivity contribution >= 4 is 17.5 Å². The Balaban J connectivity index is 1.43. The largest absolute Gasteiger partial charge is 0.337 e. The van der Waals surface area contributed by atoms with Crippen molar-refractivity contribution in [1.29, 1.82) is 0 Å². The number of carbonyl (C=O) groups is 1. The van der Waals surface area contributed by atoms with Crippen LogP contribution in [0.4, 0.5) is 0 Å². The van der Waals surface area contributed by atoms with Gasteiger partial charge in [-0.15, -0.1) is 0 Å². The highest BCUT2D eigenvalue weighted by Crippen LogP contribution is 2.18. The van der Waals surface area contributed by atoms with Gasteiger partial charge in [0.25, 0.3) is 0 Å². The van der Waals surface area contributed by atoms with Crippen molar-refractivity contribution in [3.63, 3.8) is 0 Å². The van der Waals surface area contributed by atoms with E-state index in [1.165, 1.54) is 16.7 Å². The van der Waals surface area contributed by atoms with E-state index < -0.39 is 0 Å². The van der Waals surface area contributed by atoms with Crippen molar-refractivity contribution in [1.82, 2.24) is 10.2 Å². The van der Waals surface area contributed by atoms with Gasteiger partial charge in [-0.05, 0) is 48.2 Å². The first-order valence-corrected chi connectivity index (χ1v) is 8.40. The lowest BCUT2D eigenvalue weighted by Gasteiger charge is -2.29. The van der Waals surface area contributed by atoms with Crippen molar-refractivity contribution < 1.29 is 4.79 Å². The van der Waals surface area contributed by atoms with Gasteiger partial charge in [0.05, 0.1) is 6.54 Å². The van der Waals surface area contributed by atoms with Crippen molar-refractivity contribution in [2.45, 2.75) is 19.4 Å². The number of rotatable bonds is 5. The number of benzene rings is 2. The fourth-order valence-electron chi connectivity index (χ4n) is 2.94. The van der Waals surface area contributed by atoms with E-state index in [9.17, 15) is 4.79 Å². The molecule has 0 saturated heterocycles. The molecule has 0 radical (unpaired) electrons. The number of nitrogens with one attached hydrogen (secondary N) is 1. The van der Waals surface area contributed by atoms with Crippen LogP contribution in [0.3, 0.4) is 0 Å². The van der Waals surface area contributed by atoms with E-state index in [4.69, 9.17) is 11.6 Å². The average molecular weight is 329 g/mol. The van der Waals surface area contributed by atoms with Gasteiger partial charge in [0.2, 0.25) is 5.91 Å². The third kappa shape index (κ3) is 4.34. The summed E-state index contributed by atoms with van der Waals surface area (Å²) in [6.45, 7) is 2.70. The van der Waals surface area contributed by atoms with Crippen molar-refractivity contribution in [3.8, 4) is 0 Å². The molecule has 0 unspecified atom stereocenters. The highest BCUT2D eigenvalue weighted by molar-refractivity contribution is 6.30. The first-order valence-electron chi connectivity index (χ1n) is 8.02. The zero-order valence-electron chi connectivity index (χ0n) is 13.1. The van der Waals surface area contributed by atoms with E-state index in [0.29, 0.717) is 6.54 Å². The molecule has 0 fully saturated rings. The van der Waals surface area contributed by atoms with Crippen LogP contribution >= 0.6 is 11.6 Å². The van der Waals surface area contributed by atoms with E-state index in [0.717, 1.165) is 37.5 Å². The number of hydrogen-bond donors (Lipinski definition) is 1. The molecule has 1 N–H and O–H groups in total. The van der Waals surface area contributed by atoms with Gasteiger partial charge in [-0.1, -0.05) is 48.0 Å².